The van der Waals surface area contributed by atoms with Crippen LogP contribution in [0.3, 0.4) is 0 Å². The third-order valence-corrected chi connectivity index (χ3v) is 4.06. The van der Waals surface area contributed by atoms with Gasteiger partial charge in [-0.15, -0.1) is 0 Å². The largest absolute Gasteiger partial charge is 0.437 e. The van der Waals surface area contributed by atoms with Gasteiger partial charge in [0, 0.05) is 0 Å². The van der Waals surface area contributed by atoms with Crippen molar-refractivity contribution in [1.82, 2.24) is 9.97 Å². The molecule has 0 aliphatic heterocycles. The Morgan fingerprint density at radius 2 is 1.26 bits per heavy atom. The molecule has 3 aromatic rings. The summed E-state index contributed by atoms with van der Waals surface area (Å²) in [5.41, 5.74) is 2.60. The minimum Gasteiger partial charge on any atom is -0.437 e. The molecule has 0 atom stereocenters. The second-order valence-electron chi connectivity index (χ2n) is 5.88. The molecule has 13 heteroatoms. The summed E-state index contributed by atoms with van der Waals surface area (Å²) in [6.45, 7) is 0. The van der Waals surface area contributed by atoms with E-state index in [2.05, 4.69) is 9.97 Å². The quantitative estimate of drug-likeness (QED) is 0.445. The molecule has 0 saturated heterocycles. The van der Waals surface area contributed by atoms with E-state index in [9.17, 15) is 30.7 Å². The van der Waals surface area contributed by atoms with Crippen LogP contribution in [0.1, 0.15) is 11.1 Å². The average Bonchev–Trinajstić information content (AvgIpc) is 2.66. The summed E-state index contributed by atoms with van der Waals surface area (Å²) in [6.07, 6.45) is -8.86. The van der Waals surface area contributed by atoms with E-state index in [4.69, 9.17) is 26.8 Å². The van der Waals surface area contributed by atoms with E-state index < -0.39 is 57.5 Å². The number of hydrogen-bond donors (Lipinski definition) is 1. The van der Waals surface area contributed by atoms with Crippen molar-refractivity contribution in [3.63, 3.8) is 0 Å². The van der Waals surface area contributed by atoms with Crippen LogP contribution >= 0.6 is 11.6 Å². The van der Waals surface area contributed by atoms with Gasteiger partial charge in [0.05, 0.1) is 16.1 Å². The zero-order chi connectivity index (χ0) is 23.0. The maximum absolute atomic E-state index is 13.4. The normalized spacial score (nSPS) is 12.0. The third kappa shape index (κ3) is 5.08. The number of nitrogens with zero attached hydrogens (tertiary/aromatic N) is 2. The van der Waals surface area contributed by atoms with Crippen LogP contribution in [0.5, 0.6) is 23.3 Å². The SMILES string of the molecule is Nc1c(Oc2ccc(F)c(C(F)(F)F)c2)ncnc1Oc1ccc(Cl)c(C(F)(F)F)c1. The zero-order valence-electron chi connectivity index (χ0n) is 14.9. The molecule has 0 aliphatic carbocycles. The Hall–Kier alpha value is -3.28. The number of benzene rings is 2. The maximum Gasteiger partial charge on any atom is 0.419 e. The molecule has 0 aliphatic rings. The van der Waals surface area contributed by atoms with E-state index in [1.165, 1.54) is 0 Å². The lowest BCUT2D eigenvalue weighted by molar-refractivity contribution is -0.140. The van der Waals surface area contributed by atoms with Gasteiger partial charge in [0.2, 0.25) is 11.8 Å². The number of halogens is 8. The molecule has 3 rings (SSSR count). The first kappa shape index (κ1) is 22.4. The highest BCUT2D eigenvalue weighted by molar-refractivity contribution is 6.31. The predicted octanol–water partition coefficient (Wildman–Crippen LogP) is 6.47. The number of hydrogen-bond acceptors (Lipinski definition) is 5. The van der Waals surface area contributed by atoms with Crippen LogP contribution in [-0.2, 0) is 12.4 Å². The summed E-state index contributed by atoms with van der Waals surface area (Å²) in [5.74, 6) is -3.18. The van der Waals surface area contributed by atoms with Crippen LogP contribution in [0.25, 0.3) is 0 Å². The molecule has 2 N–H and O–H groups in total. The Bertz CT molecular complexity index is 1040. The van der Waals surface area contributed by atoms with E-state index >= 15 is 0 Å². The first-order chi connectivity index (χ1) is 14.4. The van der Waals surface area contributed by atoms with Crippen LogP contribution in [0.2, 0.25) is 5.02 Å². The van der Waals surface area contributed by atoms with Gasteiger partial charge in [-0.3, -0.25) is 0 Å². The number of nitrogen functional groups attached to an aromatic ring is 1. The minimum absolute atomic E-state index is 0.325. The van der Waals surface area contributed by atoms with Gasteiger partial charge in [0.1, 0.15) is 23.6 Å². The minimum atomic E-state index is -4.97. The van der Waals surface area contributed by atoms with Crippen molar-refractivity contribution in [2.24, 2.45) is 0 Å². The zero-order valence-corrected chi connectivity index (χ0v) is 15.6. The highest BCUT2D eigenvalue weighted by Crippen LogP contribution is 2.40. The first-order valence-corrected chi connectivity index (χ1v) is 8.43. The molecule has 2 aromatic carbocycles. The maximum atomic E-state index is 13.4. The van der Waals surface area contributed by atoms with Gasteiger partial charge >= 0.3 is 12.4 Å². The predicted molar refractivity (Wildman–Crippen MR) is 94.4 cm³/mol. The third-order valence-electron chi connectivity index (χ3n) is 3.73. The first-order valence-electron chi connectivity index (χ1n) is 8.06. The number of anilines is 1. The smallest absolute Gasteiger partial charge is 0.419 e. The summed E-state index contributed by atoms with van der Waals surface area (Å²) >= 11 is 5.53. The van der Waals surface area contributed by atoms with Gasteiger partial charge < -0.3 is 15.2 Å². The van der Waals surface area contributed by atoms with Gasteiger partial charge in [-0.05, 0) is 36.4 Å². The van der Waals surface area contributed by atoms with Crippen LogP contribution in [0, 0.1) is 5.82 Å². The van der Waals surface area contributed by atoms with Crippen molar-refractivity contribution in [2.75, 3.05) is 5.73 Å². The van der Waals surface area contributed by atoms with Crippen molar-refractivity contribution >= 4 is 17.3 Å². The number of alkyl halides is 6. The Morgan fingerprint density at radius 1 is 0.774 bits per heavy atom. The standard InChI is InChI=1S/C18H9ClF7N3O2/c19-12-3-1-8(5-10(12)17(21,22)23)30-15-14(27)16(29-7-28-15)31-9-2-4-13(20)11(6-9)18(24,25)26/h1-7H,27H2. The molecular weight excluding hydrogens is 459 g/mol. The topological polar surface area (TPSA) is 70.3 Å². The lowest BCUT2D eigenvalue weighted by Gasteiger charge is -2.14. The molecule has 0 saturated carbocycles. The number of rotatable bonds is 4. The second-order valence-corrected chi connectivity index (χ2v) is 6.29. The lowest BCUT2D eigenvalue weighted by atomic mass is 10.2. The fraction of sp³-hybridized carbons (Fsp3) is 0.111. The molecule has 0 unspecified atom stereocenters. The molecule has 1 aromatic heterocycles. The van der Waals surface area contributed by atoms with Crippen LogP contribution in [0.15, 0.2) is 42.7 Å². The van der Waals surface area contributed by atoms with Gasteiger partial charge in [0.25, 0.3) is 0 Å². The Kier molecular flexibility index (Phi) is 5.85. The van der Waals surface area contributed by atoms with E-state index in [0.29, 0.717) is 18.2 Å². The van der Waals surface area contributed by atoms with E-state index in [-0.39, 0.29) is 5.75 Å². The van der Waals surface area contributed by atoms with Crippen molar-refractivity contribution in [2.45, 2.75) is 12.4 Å². The Morgan fingerprint density at radius 3 is 1.77 bits per heavy atom. The Balaban J connectivity index is 1.90. The molecule has 0 spiro atoms. The molecule has 5 nitrogen and oxygen atoms in total. The van der Waals surface area contributed by atoms with Crippen molar-refractivity contribution in [3.05, 3.63) is 64.7 Å². The molecule has 31 heavy (non-hydrogen) atoms. The highest BCUT2D eigenvalue weighted by atomic mass is 35.5. The van der Waals surface area contributed by atoms with E-state index in [0.717, 1.165) is 24.5 Å². The van der Waals surface area contributed by atoms with E-state index in [1.807, 2.05) is 0 Å². The van der Waals surface area contributed by atoms with Gasteiger partial charge in [-0.2, -0.15) is 36.3 Å². The fourth-order valence-electron chi connectivity index (χ4n) is 2.32. The lowest BCUT2D eigenvalue weighted by Crippen LogP contribution is -2.08. The molecule has 0 fully saturated rings. The number of nitrogens with two attached hydrogens (primary N) is 1. The van der Waals surface area contributed by atoms with Crippen molar-refractivity contribution in [1.29, 1.82) is 0 Å². The monoisotopic (exact) mass is 467 g/mol. The van der Waals surface area contributed by atoms with Gasteiger partial charge in [-0.25, -0.2) is 4.39 Å². The van der Waals surface area contributed by atoms with Crippen molar-refractivity contribution in [3.8, 4) is 23.3 Å². The van der Waals surface area contributed by atoms with Crippen LogP contribution in [0.4, 0.5) is 36.4 Å². The summed E-state index contributed by atoms with van der Waals surface area (Å²) < 4.78 is 101. The average molecular weight is 468 g/mol. The molecule has 0 radical (unpaired) electrons. The molecule has 164 valence electrons. The molecule has 1 heterocycles. The summed E-state index contributed by atoms with van der Waals surface area (Å²) in [5, 5.41) is -0.559. The highest BCUT2D eigenvalue weighted by Gasteiger charge is 2.35. The molecule has 0 amide bonds. The van der Waals surface area contributed by atoms with Crippen LogP contribution in [-0.4, -0.2) is 9.97 Å². The number of aromatic nitrogens is 2. The van der Waals surface area contributed by atoms with Crippen molar-refractivity contribution < 1.29 is 40.2 Å². The van der Waals surface area contributed by atoms with Gasteiger partial charge in [0.15, 0.2) is 5.69 Å². The summed E-state index contributed by atoms with van der Waals surface area (Å²) in [6, 6.07) is 4.52. The second kappa shape index (κ2) is 8.10. The molecule has 0 bridgehead atoms. The van der Waals surface area contributed by atoms with Crippen LogP contribution < -0.4 is 15.2 Å². The fourth-order valence-corrected chi connectivity index (χ4v) is 2.55. The van der Waals surface area contributed by atoms with Gasteiger partial charge in [-0.1, -0.05) is 11.6 Å². The Labute approximate surface area is 174 Å². The summed E-state index contributed by atoms with van der Waals surface area (Å²) in [4.78, 5) is 7.32. The number of ether oxygens (including phenoxy) is 2. The summed E-state index contributed by atoms with van der Waals surface area (Å²) in [7, 11) is 0. The van der Waals surface area contributed by atoms with E-state index in [1.54, 1.807) is 0 Å². The molecular formula is C18H9ClF7N3O2.